The fourth-order valence-corrected chi connectivity index (χ4v) is 9.01. The number of carbonyl (C=O) groups is 1. The Labute approximate surface area is 182 Å². The third-order valence-corrected chi connectivity index (χ3v) is 14.4. The molecule has 2 aliphatic rings. The van der Waals surface area contributed by atoms with Crippen LogP contribution in [-0.4, -0.2) is 21.2 Å². The first-order chi connectivity index (χ1) is 13.3. The number of allylic oxidation sites excluding steroid dienone is 2. The molecule has 0 saturated heterocycles. The zero-order valence-corrected chi connectivity index (χ0v) is 22.0. The Bertz CT molecular complexity index is 604. The van der Waals surface area contributed by atoms with Crippen molar-refractivity contribution in [2.75, 3.05) is 6.61 Å². The summed E-state index contributed by atoms with van der Waals surface area (Å²) in [4.78, 5) is 11.2. The van der Waals surface area contributed by atoms with Gasteiger partial charge in [-0.2, -0.15) is 0 Å². The zero-order valence-electron chi connectivity index (χ0n) is 21.0. The van der Waals surface area contributed by atoms with Crippen LogP contribution in [0.4, 0.5) is 0 Å². The fourth-order valence-electron chi connectivity index (χ4n) is 6.64. The maximum Gasteiger partial charge on any atom is 0.192 e. The molecule has 2 rings (SSSR count). The molecule has 0 radical (unpaired) electrons. The lowest BCUT2D eigenvalue weighted by molar-refractivity contribution is -0.104. The van der Waals surface area contributed by atoms with Gasteiger partial charge in [0.1, 0.15) is 6.29 Å². The van der Waals surface area contributed by atoms with Crippen molar-refractivity contribution in [1.82, 2.24) is 0 Å². The maximum atomic E-state index is 11.2. The van der Waals surface area contributed by atoms with Crippen molar-refractivity contribution in [2.24, 2.45) is 40.9 Å². The van der Waals surface area contributed by atoms with Crippen LogP contribution in [0.15, 0.2) is 11.6 Å². The lowest BCUT2D eigenvalue weighted by Gasteiger charge is -2.51. The minimum atomic E-state index is -1.86. The number of fused-ring (bicyclic) bond motifs is 1. The summed E-state index contributed by atoms with van der Waals surface area (Å²) in [6.45, 7) is 24.7. The van der Waals surface area contributed by atoms with E-state index in [0.717, 1.165) is 30.6 Å². The second kappa shape index (κ2) is 8.98. The first-order valence-electron chi connectivity index (χ1n) is 12.1. The van der Waals surface area contributed by atoms with Crippen molar-refractivity contribution in [1.29, 1.82) is 0 Å². The predicted molar refractivity (Wildman–Crippen MR) is 128 cm³/mol. The molecule has 5 atom stereocenters. The van der Waals surface area contributed by atoms with Gasteiger partial charge < -0.3 is 4.43 Å². The minimum Gasteiger partial charge on any atom is -0.416 e. The van der Waals surface area contributed by atoms with Crippen molar-refractivity contribution in [3.63, 3.8) is 0 Å². The van der Waals surface area contributed by atoms with Crippen LogP contribution in [0.25, 0.3) is 0 Å². The molecular weight excluding hydrogens is 372 g/mol. The minimum absolute atomic E-state index is 0.240. The highest BCUT2D eigenvalue weighted by Gasteiger charge is 2.55. The smallest absolute Gasteiger partial charge is 0.192 e. The molecule has 0 aromatic heterocycles. The van der Waals surface area contributed by atoms with Gasteiger partial charge in [0.25, 0.3) is 0 Å². The summed E-state index contributed by atoms with van der Waals surface area (Å²) in [5.74, 6) is 3.95. The van der Waals surface area contributed by atoms with Crippen LogP contribution in [0.1, 0.15) is 81.1 Å². The fraction of sp³-hybridized carbons (Fsp3) is 0.885. The lowest BCUT2D eigenvalue weighted by Crippen LogP contribution is -2.49. The van der Waals surface area contributed by atoms with Gasteiger partial charge >= 0.3 is 0 Å². The number of carbonyl (C=O) groups excluding carboxylic acids is 1. The SMILES string of the molecule is C/C(=C/C=O)[C@H]1CC[C@@]2(C)C(CC[C@@H]2C(C)C)[C@@H]1CO[Si](C)(C)C(C)(C)C(C)C. The van der Waals surface area contributed by atoms with Gasteiger partial charge in [0.05, 0.1) is 0 Å². The molecule has 2 aliphatic carbocycles. The van der Waals surface area contributed by atoms with E-state index in [9.17, 15) is 4.79 Å². The summed E-state index contributed by atoms with van der Waals surface area (Å²) in [7, 11) is -1.86. The van der Waals surface area contributed by atoms with Crippen molar-refractivity contribution in [3.8, 4) is 0 Å². The van der Waals surface area contributed by atoms with Gasteiger partial charge in [0.15, 0.2) is 8.32 Å². The molecule has 1 unspecified atom stereocenters. The van der Waals surface area contributed by atoms with Crippen LogP contribution in [0, 0.1) is 40.9 Å². The van der Waals surface area contributed by atoms with E-state index in [1.54, 1.807) is 0 Å². The molecule has 29 heavy (non-hydrogen) atoms. The molecule has 0 aromatic rings. The molecule has 0 aliphatic heterocycles. The molecule has 168 valence electrons. The van der Waals surface area contributed by atoms with Gasteiger partial charge in [0, 0.05) is 6.61 Å². The first-order valence-corrected chi connectivity index (χ1v) is 15.0. The van der Waals surface area contributed by atoms with Crippen LogP contribution in [-0.2, 0) is 9.22 Å². The van der Waals surface area contributed by atoms with Gasteiger partial charge in [-0.15, -0.1) is 0 Å². The summed E-state index contributed by atoms with van der Waals surface area (Å²) in [6.07, 6.45) is 7.98. The van der Waals surface area contributed by atoms with Crippen molar-refractivity contribution < 1.29 is 9.22 Å². The summed E-state index contributed by atoms with van der Waals surface area (Å²) < 4.78 is 6.93. The van der Waals surface area contributed by atoms with E-state index >= 15 is 0 Å². The molecule has 0 spiro atoms. The average molecular weight is 421 g/mol. The molecular formula is C26H48O2Si. The quantitative estimate of drug-likeness (QED) is 0.231. The molecule has 0 N–H and O–H groups in total. The number of hydrogen-bond acceptors (Lipinski definition) is 2. The first kappa shape index (κ1) is 24.9. The predicted octanol–water partition coefficient (Wildman–Crippen LogP) is 7.50. The topological polar surface area (TPSA) is 26.3 Å². The second-order valence-electron chi connectivity index (χ2n) is 12.1. The van der Waals surface area contributed by atoms with Crippen molar-refractivity contribution in [3.05, 3.63) is 11.6 Å². The molecule has 2 fully saturated rings. The Morgan fingerprint density at radius 2 is 1.79 bits per heavy atom. The van der Waals surface area contributed by atoms with Gasteiger partial charge in [-0.05, 0) is 97.7 Å². The maximum absolute atomic E-state index is 11.2. The summed E-state index contributed by atoms with van der Waals surface area (Å²) in [5, 5.41) is 0.240. The van der Waals surface area contributed by atoms with E-state index in [1.807, 2.05) is 6.08 Å². The lowest BCUT2D eigenvalue weighted by atomic mass is 9.56. The van der Waals surface area contributed by atoms with Crippen molar-refractivity contribution in [2.45, 2.75) is 99.2 Å². The highest BCUT2D eigenvalue weighted by Crippen LogP contribution is 2.61. The second-order valence-corrected chi connectivity index (χ2v) is 16.7. The van der Waals surface area contributed by atoms with E-state index in [1.165, 1.54) is 31.3 Å². The van der Waals surface area contributed by atoms with Crippen LogP contribution < -0.4 is 0 Å². The molecule has 0 heterocycles. The Morgan fingerprint density at radius 3 is 2.31 bits per heavy atom. The third-order valence-electron chi connectivity index (χ3n) is 9.86. The standard InChI is InChI=1S/C26H48O2Si/c1-18(2)23-11-12-24-22(17-28-29(9,10)25(6,7)19(3)4)21(20(5)14-16-27)13-15-26(23,24)8/h14,16,18-19,21-24H,11-13,15,17H2,1-10H3/b20-14-/t21-,22-,23-,24?,26-/m1/s1. The number of aldehydes is 1. The normalized spacial score (nSPS) is 34.0. The number of rotatable bonds is 8. The van der Waals surface area contributed by atoms with Crippen LogP contribution in [0.3, 0.4) is 0 Å². The van der Waals surface area contributed by atoms with Crippen LogP contribution in [0.2, 0.25) is 18.1 Å². The van der Waals surface area contributed by atoms with Crippen molar-refractivity contribution >= 4 is 14.6 Å². The molecule has 0 amide bonds. The number of hydrogen-bond donors (Lipinski definition) is 0. The average Bonchev–Trinajstić information content (AvgIpc) is 2.96. The van der Waals surface area contributed by atoms with Crippen LogP contribution in [0.5, 0.6) is 0 Å². The van der Waals surface area contributed by atoms with Gasteiger partial charge in [-0.25, -0.2) is 0 Å². The molecule has 2 nitrogen and oxygen atoms in total. The van der Waals surface area contributed by atoms with E-state index in [0.29, 0.717) is 23.2 Å². The summed E-state index contributed by atoms with van der Waals surface area (Å²) in [5.41, 5.74) is 1.70. The Morgan fingerprint density at radius 1 is 1.17 bits per heavy atom. The van der Waals surface area contributed by atoms with E-state index in [-0.39, 0.29) is 5.04 Å². The largest absolute Gasteiger partial charge is 0.416 e. The van der Waals surface area contributed by atoms with Gasteiger partial charge in [0.2, 0.25) is 0 Å². The summed E-state index contributed by atoms with van der Waals surface area (Å²) in [6, 6.07) is 0. The Balaban J connectivity index is 2.32. The Kier molecular flexibility index (Phi) is 7.70. The Hall–Kier alpha value is -0.413. The molecule has 2 saturated carbocycles. The van der Waals surface area contributed by atoms with E-state index < -0.39 is 8.32 Å². The van der Waals surface area contributed by atoms with Gasteiger partial charge in [-0.3, -0.25) is 4.79 Å². The highest BCUT2D eigenvalue weighted by atomic mass is 28.4. The molecule has 0 aromatic carbocycles. The van der Waals surface area contributed by atoms with Crippen LogP contribution >= 0.6 is 0 Å². The third kappa shape index (κ3) is 4.61. The molecule has 0 bridgehead atoms. The highest BCUT2D eigenvalue weighted by molar-refractivity contribution is 6.74. The summed E-state index contributed by atoms with van der Waals surface area (Å²) >= 11 is 0. The van der Waals surface area contributed by atoms with Gasteiger partial charge in [-0.1, -0.05) is 54.0 Å². The van der Waals surface area contributed by atoms with E-state index in [2.05, 4.69) is 68.5 Å². The molecule has 3 heteroatoms. The van der Waals surface area contributed by atoms with E-state index in [4.69, 9.17) is 4.43 Å². The zero-order chi connectivity index (χ0) is 22.2. The monoisotopic (exact) mass is 420 g/mol.